The number of nitrogens with zero attached hydrogens (tertiary/aromatic N) is 1. The Kier molecular flexibility index (Phi) is 26.6. The first kappa shape index (κ1) is 42.0. The summed E-state index contributed by atoms with van der Waals surface area (Å²) in [7, 11) is 4.39. The summed E-state index contributed by atoms with van der Waals surface area (Å²) in [6.07, 6.45) is 25.8. The monoisotopic (exact) mass is 642 g/mol. The van der Waals surface area contributed by atoms with Crippen LogP contribution in [0.5, 0.6) is 0 Å². The molecule has 5 heteroatoms. The van der Waals surface area contributed by atoms with Crippen molar-refractivity contribution in [2.45, 2.75) is 168 Å². The number of esters is 2. The molecule has 0 aromatic carbocycles. The van der Waals surface area contributed by atoms with Gasteiger partial charge in [-0.05, 0) is 88.3 Å². The largest absolute Gasteiger partial charge is 0.466 e. The summed E-state index contributed by atoms with van der Waals surface area (Å²) in [6, 6.07) is 0. The number of rotatable bonds is 10. The van der Waals surface area contributed by atoms with Crippen molar-refractivity contribution in [3.8, 4) is 0 Å². The molecule has 0 aliphatic carbocycles. The van der Waals surface area contributed by atoms with Gasteiger partial charge in [0.2, 0.25) is 0 Å². The minimum absolute atomic E-state index is 0.0331. The first-order valence-corrected chi connectivity index (χ1v) is 19.3. The highest BCUT2D eigenvalue weighted by Gasteiger charge is 2.28. The molecule has 0 amide bonds. The number of cyclic esters (lactones) is 2. The van der Waals surface area contributed by atoms with E-state index < -0.39 is 0 Å². The summed E-state index contributed by atoms with van der Waals surface area (Å²) in [4.78, 5) is 28.6. The van der Waals surface area contributed by atoms with Crippen molar-refractivity contribution in [1.29, 1.82) is 0 Å². The highest BCUT2D eigenvalue weighted by molar-refractivity contribution is 5.71. The van der Waals surface area contributed by atoms with Crippen molar-refractivity contribution in [2.24, 2.45) is 17.8 Å². The average Bonchev–Trinajstić information content (AvgIpc) is 3.02. The third-order valence-corrected chi connectivity index (χ3v) is 9.48. The van der Waals surface area contributed by atoms with Crippen LogP contribution in [0.3, 0.4) is 0 Å². The number of hydrogen-bond acceptors (Lipinski definition) is 5. The number of hydrogen-bond donors (Lipinski definition) is 0. The predicted octanol–water partition coefficient (Wildman–Crippen LogP) is 10.9. The molecule has 2 unspecified atom stereocenters. The highest BCUT2D eigenvalue weighted by atomic mass is 16.5. The zero-order valence-electron chi connectivity index (χ0n) is 30.6. The first-order valence-electron chi connectivity index (χ1n) is 19.3. The van der Waals surface area contributed by atoms with E-state index in [1.807, 2.05) is 0 Å². The van der Waals surface area contributed by atoms with Gasteiger partial charge in [-0.15, -0.1) is 0 Å². The number of allylic oxidation sites excluding steroid dienone is 1. The molecular weight excluding hydrogens is 570 g/mol. The van der Waals surface area contributed by atoms with E-state index in [1.54, 1.807) is 0 Å². The van der Waals surface area contributed by atoms with E-state index in [0.717, 1.165) is 88.5 Å². The van der Waals surface area contributed by atoms with Crippen molar-refractivity contribution in [2.75, 3.05) is 33.9 Å². The maximum Gasteiger partial charge on any atom is 0.306 e. The molecule has 1 aliphatic heterocycles. The zero-order valence-corrected chi connectivity index (χ0v) is 30.6. The maximum absolute atomic E-state index is 13.1. The normalized spacial score (nSPS) is 23.1. The second-order valence-electron chi connectivity index (χ2n) is 14.1. The molecule has 0 aromatic heterocycles. The van der Waals surface area contributed by atoms with Gasteiger partial charge >= 0.3 is 11.9 Å². The minimum atomic E-state index is -0.147. The quantitative estimate of drug-likeness (QED) is 0.135. The van der Waals surface area contributed by atoms with Gasteiger partial charge in [0.1, 0.15) is 0 Å². The molecule has 0 saturated carbocycles. The van der Waals surface area contributed by atoms with E-state index in [1.165, 1.54) is 70.8 Å². The van der Waals surface area contributed by atoms with E-state index in [-0.39, 0.29) is 23.8 Å². The van der Waals surface area contributed by atoms with Crippen LogP contribution < -0.4 is 0 Å². The summed E-state index contributed by atoms with van der Waals surface area (Å²) in [5.74, 6) is 0.435. The fourth-order valence-corrected chi connectivity index (χ4v) is 6.89. The predicted molar refractivity (Wildman–Crippen MR) is 193 cm³/mol. The summed E-state index contributed by atoms with van der Waals surface area (Å²) >= 11 is 0. The third kappa shape index (κ3) is 22.5. The summed E-state index contributed by atoms with van der Waals surface area (Å²) < 4.78 is 11.5. The van der Waals surface area contributed by atoms with Gasteiger partial charge in [0.05, 0.1) is 26.1 Å². The van der Waals surface area contributed by atoms with Gasteiger partial charge in [0, 0.05) is 6.54 Å². The SMILES string of the molecule is C=C=C=C=C1C(CCCCC)CC(=O)OCCCCCCCCC(CN(C)C)CCCCCCCCOC(=O)CC1CCCCC. The number of carbonyl (C=O) groups is 2. The lowest BCUT2D eigenvalue weighted by molar-refractivity contribution is -0.145. The molecule has 0 bridgehead atoms. The van der Waals surface area contributed by atoms with E-state index in [9.17, 15) is 9.59 Å². The fourth-order valence-electron chi connectivity index (χ4n) is 6.89. The molecule has 1 saturated heterocycles. The van der Waals surface area contributed by atoms with Crippen molar-refractivity contribution in [3.05, 3.63) is 29.3 Å². The minimum Gasteiger partial charge on any atom is -0.466 e. The van der Waals surface area contributed by atoms with Crippen LogP contribution in [-0.4, -0.2) is 50.7 Å². The molecule has 5 nitrogen and oxygen atoms in total. The number of carbonyl (C=O) groups excluding carboxylic acids is 2. The molecule has 1 fully saturated rings. The van der Waals surface area contributed by atoms with Crippen LogP contribution in [0.15, 0.2) is 29.3 Å². The van der Waals surface area contributed by atoms with Crippen LogP contribution >= 0.6 is 0 Å². The lowest BCUT2D eigenvalue weighted by Crippen LogP contribution is -2.22. The molecule has 1 aliphatic rings. The van der Waals surface area contributed by atoms with Gasteiger partial charge in [-0.1, -0.05) is 128 Å². The van der Waals surface area contributed by atoms with Gasteiger partial charge in [-0.2, -0.15) is 0 Å². The summed E-state index contributed by atoms with van der Waals surface area (Å²) in [5, 5.41) is 0. The van der Waals surface area contributed by atoms with Crippen LogP contribution in [0.4, 0.5) is 0 Å². The Bertz CT molecular complexity index is 855. The molecule has 2 atom stereocenters. The van der Waals surface area contributed by atoms with E-state index in [2.05, 4.69) is 56.6 Å². The van der Waals surface area contributed by atoms with Crippen LogP contribution in [0.2, 0.25) is 0 Å². The Morgan fingerprint density at radius 1 is 0.674 bits per heavy atom. The molecule has 0 spiro atoms. The molecule has 46 heavy (non-hydrogen) atoms. The van der Waals surface area contributed by atoms with Gasteiger partial charge in [-0.25, -0.2) is 0 Å². The molecule has 0 N–H and O–H groups in total. The molecule has 1 heterocycles. The topological polar surface area (TPSA) is 55.8 Å². The van der Waals surface area contributed by atoms with Crippen LogP contribution in [-0.2, 0) is 19.1 Å². The van der Waals surface area contributed by atoms with Gasteiger partial charge in [0.15, 0.2) is 0 Å². The van der Waals surface area contributed by atoms with Gasteiger partial charge < -0.3 is 14.4 Å². The Morgan fingerprint density at radius 2 is 1.11 bits per heavy atom. The van der Waals surface area contributed by atoms with E-state index >= 15 is 0 Å². The first-order chi connectivity index (χ1) is 22.4. The van der Waals surface area contributed by atoms with Gasteiger partial charge in [0.25, 0.3) is 0 Å². The molecular formula is C41H71NO4. The van der Waals surface area contributed by atoms with Crippen LogP contribution in [0.25, 0.3) is 0 Å². The van der Waals surface area contributed by atoms with Gasteiger partial charge in [-0.3, -0.25) is 9.59 Å². The maximum atomic E-state index is 13.1. The van der Waals surface area contributed by atoms with E-state index in [4.69, 9.17) is 9.47 Å². The molecule has 0 radical (unpaired) electrons. The standard InChI is InChI=1S/C41H71NO4/c1-6-9-20-28-37-33-40(43)45-31-24-18-14-12-16-22-26-36(35-42(4)5)27-23-17-13-15-19-25-32-46-41(44)34-38(29-21-10-7-2)39(37)30-11-8-3/h36-38H,3,6-7,9-10,12-29,31-35H2,1-2,4-5H3. The van der Waals surface area contributed by atoms with E-state index in [0.29, 0.717) is 26.1 Å². The average molecular weight is 642 g/mol. The second kappa shape index (κ2) is 29.1. The number of unbranched alkanes of at least 4 members (excludes halogenated alkanes) is 4. The van der Waals surface area contributed by atoms with Crippen LogP contribution in [0, 0.1) is 17.8 Å². The lowest BCUT2D eigenvalue weighted by atomic mass is 9.79. The number of ether oxygens (including phenoxy) is 2. The summed E-state index contributed by atoms with van der Waals surface area (Å²) in [5.41, 5.74) is 9.99. The zero-order chi connectivity index (χ0) is 33.7. The Morgan fingerprint density at radius 3 is 1.52 bits per heavy atom. The molecule has 1 rings (SSSR count). The Balaban J connectivity index is 3.02. The smallest absolute Gasteiger partial charge is 0.306 e. The Hall–Kier alpha value is -2.02. The lowest BCUT2D eigenvalue weighted by Gasteiger charge is -2.25. The third-order valence-electron chi connectivity index (χ3n) is 9.48. The van der Waals surface area contributed by atoms with Crippen LogP contribution in [0.1, 0.15) is 168 Å². The highest BCUT2D eigenvalue weighted by Crippen LogP contribution is 2.33. The Labute approximate surface area is 284 Å². The second-order valence-corrected chi connectivity index (χ2v) is 14.1. The van der Waals surface area contributed by atoms with Crippen molar-refractivity contribution >= 4 is 11.9 Å². The summed E-state index contributed by atoms with van der Waals surface area (Å²) in [6.45, 7) is 10.3. The molecule has 264 valence electrons. The van der Waals surface area contributed by atoms with Crippen molar-refractivity contribution in [1.82, 2.24) is 4.90 Å². The fraction of sp³-hybridized carbons (Fsp3) is 0.829. The van der Waals surface area contributed by atoms with Crippen molar-refractivity contribution < 1.29 is 19.1 Å². The van der Waals surface area contributed by atoms with Crippen molar-refractivity contribution in [3.63, 3.8) is 0 Å². The molecule has 0 aromatic rings.